The summed E-state index contributed by atoms with van der Waals surface area (Å²) < 4.78 is 26.4. The molecule has 0 saturated carbocycles. The summed E-state index contributed by atoms with van der Waals surface area (Å²) in [5, 5.41) is 2.63. The third-order valence-corrected chi connectivity index (χ3v) is 5.23. The molecule has 2 aromatic carbocycles. The van der Waals surface area contributed by atoms with Gasteiger partial charge in [-0.25, -0.2) is 9.78 Å². The number of nitrogens with zero attached hydrogens (tertiary/aromatic N) is 1. The number of carbonyl (C=O) groups is 3. The van der Waals surface area contributed by atoms with Gasteiger partial charge in [0.1, 0.15) is 0 Å². The summed E-state index contributed by atoms with van der Waals surface area (Å²) in [6.45, 7) is -0.665. The number of pyridine rings is 1. The molecule has 0 saturated heterocycles. The van der Waals surface area contributed by atoms with Crippen molar-refractivity contribution >= 4 is 28.7 Å². The second-order valence-corrected chi connectivity index (χ2v) is 7.42. The number of hydrogen-bond acceptors (Lipinski definition) is 9. The van der Waals surface area contributed by atoms with E-state index in [0.717, 1.165) is 0 Å². The quantitative estimate of drug-likeness (QED) is 0.368. The number of fused-ring (bicyclic) bond motifs is 1. The van der Waals surface area contributed by atoms with Crippen molar-refractivity contribution in [2.45, 2.75) is 0 Å². The Bertz CT molecular complexity index is 1400. The van der Waals surface area contributed by atoms with Crippen molar-refractivity contribution in [3.63, 3.8) is 0 Å². The first-order valence-corrected chi connectivity index (χ1v) is 10.7. The van der Waals surface area contributed by atoms with Gasteiger partial charge in [-0.3, -0.25) is 14.9 Å². The van der Waals surface area contributed by atoms with Crippen molar-refractivity contribution in [2.75, 3.05) is 27.9 Å². The number of ether oxygens (including phenoxy) is 4. The second kappa shape index (κ2) is 10.6. The van der Waals surface area contributed by atoms with E-state index >= 15 is 0 Å². The van der Waals surface area contributed by atoms with E-state index in [-0.39, 0.29) is 11.3 Å². The molecule has 0 spiro atoms. The van der Waals surface area contributed by atoms with E-state index < -0.39 is 24.4 Å². The molecule has 0 bridgehead atoms. The number of amides is 2. The normalized spacial score (nSPS) is 10.5. The lowest BCUT2D eigenvalue weighted by atomic mass is 10.0. The lowest BCUT2D eigenvalue weighted by Crippen LogP contribution is -2.34. The van der Waals surface area contributed by atoms with Crippen LogP contribution in [0, 0.1) is 0 Å². The van der Waals surface area contributed by atoms with Crippen LogP contribution >= 0.6 is 0 Å². The highest BCUT2D eigenvalue weighted by molar-refractivity contribution is 6.06. The summed E-state index contributed by atoms with van der Waals surface area (Å²) >= 11 is 0. The monoisotopic (exact) mass is 490 g/mol. The van der Waals surface area contributed by atoms with E-state index in [2.05, 4.69) is 10.3 Å². The van der Waals surface area contributed by atoms with Gasteiger partial charge in [0, 0.05) is 10.9 Å². The molecule has 184 valence electrons. The number of rotatable bonds is 8. The number of carbonyl (C=O) groups excluding carboxylic acids is 3. The third-order valence-electron chi connectivity index (χ3n) is 5.23. The maximum absolute atomic E-state index is 13.0. The maximum atomic E-state index is 13.0. The number of imide groups is 1. The van der Waals surface area contributed by atoms with E-state index in [1.807, 2.05) is 0 Å². The van der Waals surface area contributed by atoms with Crippen LogP contribution in [0.15, 0.2) is 65.3 Å². The topological polar surface area (TPSA) is 126 Å². The van der Waals surface area contributed by atoms with Crippen molar-refractivity contribution in [1.82, 2.24) is 10.3 Å². The van der Waals surface area contributed by atoms with Crippen LogP contribution < -0.4 is 19.5 Å². The fourth-order valence-electron chi connectivity index (χ4n) is 3.56. The molecule has 0 radical (unpaired) electrons. The Kier molecular flexibility index (Phi) is 7.15. The molecule has 0 aliphatic heterocycles. The molecule has 2 aromatic heterocycles. The maximum Gasteiger partial charge on any atom is 0.339 e. The molecule has 0 aliphatic carbocycles. The molecule has 10 heteroatoms. The van der Waals surface area contributed by atoms with Gasteiger partial charge in [0.2, 0.25) is 5.75 Å². The summed E-state index contributed by atoms with van der Waals surface area (Å²) in [6, 6.07) is 14.9. The molecule has 2 heterocycles. The zero-order valence-corrected chi connectivity index (χ0v) is 19.7. The van der Waals surface area contributed by atoms with Gasteiger partial charge in [-0.15, -0.1) is 0 Å². The largest absolute Gasteiger partial charge is 0.493 e. The van der Waals surface area contributed by atoms with Gasteiger partial charge < -0.3 is 23.4 Å². The van der Waals surface area contributed by atoms with Gasteiger partial charge in [-0.05, 0) is 36.4 Å². The van der Waals surface area contributed by atoms with Crippen LogP contribution in [-0.4, -0.2) is 50.7 Å². The van der Waals surface area contributed by atoms with E-state index in [9.17, 15) is 14.4 Å². The lowest BCUT2D eigenvalue weighted by Gasteiger charge is -2.15. The fraction of sp³-hybridized carbons (Fsp3) is 0.154. The van der Waals surface area contributed by atoms with Crippen molar-refractivity contribution in [3.05, 3.63) is 72.2 Å². The zero-order valence-electron chi connectivity index (χ0n) is 19.7. The molecule has 0 aliphatic rings. The van der Waals surface area contributed by atoms with Gasteiger partial charge >= 0.3 is 5.97 Å². The number of aromatic nitrogens is 1. The van der Waals surface area contributed by atoms with Crippen molar-refractivity contribution in [3.8, 4) is 28.5 Å². The van der Waals surface area contributed by atoms with Gasteiger partial charge in [-0.1, -0.05) is 18.2 Å². The summed E-state index contributed by atoms with van der Waals surface area (Å²) in [6.07, 6.45) is 1.31. The molecule has 0 unspecified atom stereocenters. The SMILES string of the molecule is COc1cc(-c2cc(C(=O)OCC(=O)NC(=O)c3ccco3)c3ccccc3n2)cc(OC)c1OC. The van der Waals surface area contributed by atoms with Crippen LogP contribution in [0.5, 0.6) is 17.2 Å². The van der Waals surface area contributed by atoms with Crippen molar-refractivity contribution in [1.29, 1.82) is 0 Å². The molecule has 0 fully saturated rings. The minimum absolute atomic E-state index is 0.0372. The molecule has 4 rings (SSSR count). The summed E-state index contributed by atoms with van der Waals surface area (Å²) in [5.41, 5.74) is 1.77. The molecule has 10 nitrogen and oxygen atoms in total. The minimum atomic E-state index is -0.798. The second-order valence-electron chi connectivity index (χ2n) is 7.42. The van der Waals surface area contributed by atoms with Crippen LogP contribution in [0.4, 0.5) is 0 Å². The summed E-state index contributed by atoms with van der Waals surface area (Å²) in [7, 11) is 4.50. The van der Waals surface area contributed by atoms with E-state index in [1.54, 1.807) is 42.5 Å². The Labute approximate surface area is 205 Å². The Balaban J connectivity index is 1.63. The molecule has 2 amide bonds. The number of nitrogens with one attached hydrogen (secondary N) is 1. The van der Waals surface area contributed by atoms with E-state index in [1.165, 1.54) is 39.7 Å². The number of esters is 1. The van der Waals surface area contributed by atoms with Gasteiger partial charge in [0.05, 0.1) is 44.4 Å². The first kappa shape index (κ1) is 24.3. The van der Waals surface area contributed by atoms with Crippen LogP contribution in [-0.2, 0) is 9.53 Å². The Morgan fingerprint density at radius 1 is 0.917 bits per heavy atom. The van der Waals surface area contributed by atoms with Crippen LogP contribution in [0.3, 0.4) is 0 Å². The zero-order chi connectivity index (χ0) is 25.7. The lowest BCUT2D eigenvalue weighted by molar-refractivity contribution is -0.123. The highest BCUT2D eigenvalue weighted by Crippen LogP contribution is 2.41. The Morgan fingerprint density at radius 3 is 2.28 bits per heavy atom. The Hall–Kier alpha value is -4.86. The van der Waals surface area contributed by atoms with E-state index in [4.69, 9.17) is 23.4 Å². The molecule has 4 aromatic rings. The average Bonchev–Trinajstić information content (AvgIpc) is 3.45. The number of methoxy groups -OCH3 is 3. The molecular formula is C26H22N2O8. The molecular weight excluding hydrogens is 468 g/mol. The molecule has 0 atom stereocenters. The molecule has 36 heavy (non-hydrogen) atoms. The van der Waals surface area contributed by atoms with Gasteiger partial charge in [-0.2, -0.15) is 0 Å². The number of hydrogen-bond donors (Lipinski definition) is 1. The highest BCUT2D eigenvalue weighted by atomic mass is 16.5. The average molecular weight is 490 g/mol. The van der Waals surface area contributed by atoms with Gasteiger partial charge in [0.25, 0.3) is 11.8 Å². The highest BCUT2D eigenvalue weighted by Gasteiger charge is 2.20. The first-order valence-electron chi connectivity index (χ1n) is 10.7. The van der Waals surface area contributed by atoms with Crippen molar-refractivity contribution < 1.29 is 37.7 Å². The molecule has 1 N–H and O–H groups in total. The number of para-hydroxylation sites is 1. The smallest absolute Gasteiger partial charge is 0.339 e. The summed E-state index contributed by atoms with van der Waals surface area (Å²) in [4.78, 5) is 41.8. The third kappa shape index (κ3) is 4.97. The number of benzene rings is 2. The predicted octanol–water partition coefficient (Wildman–Crippen LogP) is 3.63. The van der Waals surface area contributed by atoms with Gasteiger partial charge in [0.15, 0.2) is 23.9 Å². The number of furan rings is 1. The van der Waals surface area contributed by atoms with E-state index in [0.29, 0.717) is 39.4 Å². The van der Waals surface area contributed by atoms with Crippen molar-refractivity contribution in [2.24, 2.45) is 0 Å². The standard InChI is InChI=1S/C26H22N2O8/c1-32-21-11-15(12-22(33-2)24(21)34-3)19-13-17(16-7-4-5-8-18(16)27-19)26(31)36-14-23(29)28-25(30)20-9-6-10-35-20/h4-13H,14H2,1-3H3,(H,28,29,30). The fourth-order valence-corrected chi connectivity index (χ4v) is 3.56. The predicted molar refractivity (Wildman–Crippen MR) is 128 cm³/mol. The van der Waals surface area contributed by atoms with Crippen LogP contribution in [0.25, 0.3) is 22.2 Å². The minimum Gasteiger partial charge on any atom is -0.493 e. The first-order chi connectivity index (χ1) is 17.4. The summed E-state index contributed by atoms with van der Waals surface area (Å²) in [5.74, 6) is -1.08. The van der Waals surface area contributed by atoms with Crippen LogP contribution in [0.1, 0.15) is 20.9 Å². The van der Waals surface area contributed by atoms with Crippen LogP contribution in [0.2, 0.25) is 0 Å². The Morgan fingerprint density at radius 2 is 1.64 bits per heavy atom.